The minimum Gasteiger partial charge on any atom is -0.489 e. The van der Waals surface area contributed by atoms with Crippen LogP contribution in [0.15, 0.2) is 71.1 Å². The highest BCUT2D eigenvalue weighted by Crippen LogP contribution is 2.29. The molecule has 33 heavy (non-hydrogen) atoms. The van der Waals surface area contributed by atoms with E-state index in [2.05, 4.69) is 5.32 Å². The van der Waals surface area contributed by atoms with Crippen LogP contribution >= 0.6 is 0 Å². The van der Waals surface area contributed by atoms with E-state index in [9.17, 15) is 17.6 Å². The Hall–Kier alpha value is -3.65. The predicted octanol–water partition coefficient (Wildman–Crippen LogP) is 5.26. The molecule has 4 aromatic rings. The Morgan fingerprint density at radius 3 is 2.58 bits per heavy atom. The van der Waals surface area contributed by atoms with Crippen LogP contribution in [-0.4, -0.2) is 20.6 Å². The fraction of sp³-hybridized carbons (Fsp3) is 0.160. The maximum absolute atomic E-state index is 13.3. The van der Waals surface area contributed by atoms with Gasteiger partial charge in [-0.15, -0.1) is 0 Å². The molecule has 1 aromatic heterocycles. The summed E-state index contributed by atoms with van der Waals surface area (Å²) in [7, 11) is -3.39. The van der Waals surface area contributed by atoms with Crippen molar-refractivity contribution in [3.63, 3.8) is 0 Å². The van der Waals surface area contributed by atoms with Crippen molar-refractivity contribution in [2.24, 2.45) is 0 Å². The molecule has 0 atom stereocenters. The van der Waals surface area contributed by atoms with Gasteiger partial charge in [0.1, 0.15) is 23.8 Å². The average molecular weight is 468 g/mol. The first-order valence-electron chi connectivity index (χ1n) is 10.2. The van der Waals surface area contributed by atoms with Gasteiger partial charge in [0.25, 0.3) is 5.91 Å². The van der Waals surface area contributed by atoms with Gasteiger partial charge in [-0.2, -0.15) is 0 Å². The van der Waals surface area contributed by atoms with E-state index in [0.717, 1.165) is 11.8 Å². The lowest BCUT2D eigenvalue weighted by atomic mass is 10.1. The van der Waals surface area contributed by atoms with Crippen molar-refractivity contribution in [1.82, 2.24) is 0 Å². The van der Waals surface area contributed by atoms with Crippen molar-refractivity contribution >= 4 is 32.4 Å². The summed E-state index contributed by atoms with van der Waals surface area (Å²) in [5.74, 6) is -0.644. The number of amides is 1. The van der Waals surface area contributed by atoms with Gasteiger partial charge >= 0.3 is 0 Å². The quantitative estimate of drug-likeness (QED) is 0.401. The zero-order valence-electron chi connectivity index (χ0n) is 18.1. The number of carbonyl (C=O) groups is 1. The molecule has 1 heterocycles. The SMILES string of the molecule is Cc1cc(OCc2cccc(F)c2)ccc1NC(=O)c1oc2ccccc2c1CS(C)(=O)=O. The molecule has 0 bridgehead atoms. The van der Waals surface area contributed by atoms with Crippen LogP contribution in [0, 0.1) is 12.7 Å². The van der Waals surface area contributed by atoms with Crippen molar-refractivity contribution in [2.45, 2.75) is 19.3 Å². The molecule has 1 N–H and O–H groups in total. The molecule has 3 aromatic carbocycles. The number of fused-ring (bicyclic) bond motifs is 1. The number of para-hydroxylation sites is 1. The van der Waals surface area contributed by atoms with Crippen molar-refractivity contribution < 1.29 is 26.8 Å². The van der Waals surface area contributed by atoms with E-state index in [0.29, 0.717) is 33.5 Å². The molecule has 0 aliphatic rings. The van der Waals surface area contributed by atoms with E-state index in [1.54, 1.807) is 61.5 Å². The van der Waals surface area contributed by atoms with E-state index < -0.39 is 15.7 Å². The van der Waals surface area contributed by atoms with Crippen molar-refractivity contribution in [3.05, 3.63) is 95.0 Å². The average Bonchev–Trinajstić information content (AvgIpc) is 3.11. The topological polar surface area (TPSA) is 85.6 Å². The van der Waals surface area contributed by atoms with Crippen LogP contribution in [0.1, 0.15) is 27.2 Å². The maximum atomic E-state index is 13.3. The van der Waals surface area contributed by atoms with Gasteiger partial charge in [0.2, 0.25) is 0 Å². The van der Waals surface area contributed by atoms with Crippen LogP contribution in [0.4, 0.5) is 10.1 Å². The molecule has 0 radical (unpaired) electrons. The Labute approximate surface area is 190 Å². The monoisotopic (exact) mass is 467 g/mol. The maximum Gasteiger partial charge on any atom is 0.291 e. The molecule has 0 aliphatic carbocycles. The van der Waals surface area contributed by atoms with Gasteiger partial charge in [0.15, 0.2) is 15.6 Å². The number of furan rings is 1. The lowest BCUT2D eigenvalue weighted by Gasteiger charge is -2.11. The Kier molecular flexibility index (Phi) is 6.20. The molecule has 8 heteroatoms. The minimum absolute atomic E-state index is 0.0348. The molecule has 0 saturated carbocycles. The fourth-order valence-corrected chi connectivity index (χ4v) is 4.34. The smallest absolute Gasteiger partial charge is 0.291 e. The second-order valence-corrected chi connectivity index (χ2v) is 9.97. The normalized spacial score (nSPS) is 11.5. The first kappa shape index (κ1) is 22.5. The summed E-state index contributed by atoms with van der Waals surface area (Å²) >= 11 is 0. The summed E-state index contributed by atoms with van der Waals surface area (Å²) in [6.45, 7) is 2.01. The third-order valence-corrected chi connectivity index (χ3v) is 5.86. The number of halogens is 1. The minimum atomic E-state index is -3.39. The standard InChI is InChI=1S/C25H22FNO5S/c1-16-12-19(31-14-17-6-5-7-18(26)13-17)10-11-22(16)27-25(28)24-21(15-33(2,29)30)20-8-3-4-9-23(20)32-24/h3-13H,14-15H2,1-2H3,(H,27,28). The summed E-state index contributed by atoms with van der Waals surface area (Å²) in [5, 5.41) is 3.38. The first-order chi connectivity index (χ1) is 15.7. The summed E-state index contributed by atoms with van der Waals surface area (Å²) in [5.41, 5.74) is 2.75. The largest absolute Gasteiger partial charge is 0.489 e. The van der Waals surface area contributed by atoms with Crippen molar-refractivity contribution in [1.29, 1.82) is 0 Å². The zero-order chi connectivity index (χ0) is 23.6. The summed E-state index contributed by atoms with van der Waals surface area (Å²) in [6, 6.07) is 18.2. The molecule has 0 spiro atoms. The van der Waals surface area contributed by atoms with E-state index in [-0.39, 0.29) is 23.9 Å². The number of carbonyl (C=O) groups excluding carboxylic acids is 1. The number of anilines is 1. The van der Waals surface area contributed by atoms with E-state index in [1.807, 2.05) is 0 Å². The summed E-state index contributed by atoms with van der Waals surface area (Å²) < 4.78 is 48.6. The number of rotatable bonds is 7. The molecular formula is C25H22FNO5S. The number of nitrogens with one attached hydrogen (secondary N) is 1. The molecule has 0 fully saturated rings. The lowest BCUT2D eigenvalue weighted by molar-refractivity contribution is 0.0997. The second kappa shape index (κ2) is 9.07. The molecule has 4 rings (SSSR count). The second-order valence-electron chi connectivity index (χ2n) is 7.83. The molecular weight excluding hydrogens is 445 g/mol. The summed E-state index contributed by atoms with van der Waals surface area (Å²) in [6.07, 6.45) is 1.11. The van der Waals surface area contributed by atoms with Crippen molar-refractivity contribution in [2.75, 3.05) is 11.6 Å². The number of sulfone groups is 1. The lowest BCUT2D eigenvalue weighted by Crippen LogP contribution is -2.15. The van der Waals surface area contributed by atoms with Crippen LogP contribution in [0.2, 0.25) is 0 Å². The van der Waals surface area contributed by atoms with E-state index >= 15 is 0 Å². The van der Waals surface area contributed by atoms with Gasteiger partial charge in [-0.3, -0.25) is 4.79 Å². The van der Waals surface area contributed by atoms with Gasteiger partial charge < -0.3 is 14.5 Å². The highest BCUT2D eigenvalue weighted by molar-refractivity contribution is 7.89. The highest BCUT2D eigenvalue weighted by atomic mass is 32.2. The van der Waals surface area contributed by atoms with Gasteiger partial charge in [-0.1, -0.05) is 30.3 Å². The number of hydrogen-bond donors (Lipinski definition) is 1. The van der Waals surface area contributed by atoms with E-state index in [4.69, 9.17) is 9.15 Å². The Morgan fingerprint density at radius 2 is 1.85 bits per heavy atom. The molecule has 0 aliphatic heterocycles. The number of hydrogen-bond acceptors (Lipinski definition) is 5. The molecule has 6 nitrogen and oxygen atoms in total. The van der Waals surface area contributed by atoms with Crippen LogP contribution in [-0.2, 0) is 22.2 Å². The van der Waals surface area contributed by atoms with Crippen LogP contribution in [0.3, 0.4) is 0 Å². The zero-order valence-corrected chi connectivity index (χ0v) is 18.9. The molecule has 0 unspecified atom stereocenters. The van der Waals surface area contributed by atoms with Crippen molar-refractivity contribution in [3.8, 4) is 5.75 Å². The number of benzene rings is 3. The van der Waals surface area contributed by atoms with Crippen LogP contribution in [0.5, 0.6) is 5.75 Å². The third kappa shape index (κ3) is 5.40. The van der Waals surface area contributed by atoms with Crippen LogP contribution < -0.4 is 10.1 Å². The Morgan fingerprint density at radius 1 is 1.06 bits per heavy atom. The summed E-state index contributed by atoms with van der Waals surface area (Å²) in [4.78, 5) is 13.0. The number of ether oxygens (including phenoxy) is 1. The van der Waals surface area contributed by atoms with Gasteiger partial charge in [0.05, 0.1) is 5.75 Å². The number of aryl methyl sites for hydroxylation is 1. The molecule has 1 amide bonds. The van der Waals surface area contributed by atoms with Gasteiger partial charge in [-0.25, -0.2) is 12.8 Å². The first-order valence-corrected chi connectivity index (χ1v) is 12.2. The van der Waals surface area contributed by atoms with Crippen LogP contribution in [0.25, 0.3) is 11.0 Å². The van der Waals surface area contributed by atoms with E-state index in [1.165, 1.54) is 12.1 Å². The van der Waals surface area contributed by atoms with Gasteiger partial charge in [0, 0.05) is 22.9 Å². The Bertz CT molecular complexity index is 1440. The highest BCUT2D eigenvalue weighted by Gasteiger charge is 2.23. The fourth-order valence-electron chi connectivity index (χ4n) is 3.53. The molecule has 170 valence electrons. The predicted molar refractivity (Wildman–Crippen MR) is 125 cm³/mol. The molecule has 0 saturated heterocycles. The third-order valence-electron chi connectivity index (χ3n) is 5.05. The Balaban J connectivity index is 1.54. The van der Waals surface area contributed by atoms with Gasteiger partial charge in [-0.05, 0) is 54.4 Å².